The summed E-state index contributed by atoms with van der Waals surface area (Å²) in [6, 6.07) is 0. The Morgan fingerprint density at radius 2 is 1.60 bits per heavy atom. The minimum absolute atomic E-state index is 0.481. The van der Waals surface area contributed by atoms with Crippen LogP contribution in [-0.2, 0) is 4.74 Å². The van der Waals surface area contributed by atoms with E-state index in [0.717, 1.165) is 43.3 Å². The van der Waals surface area contributed by atoms with Crippen molar-refractivity contribution in [3.8, 4) is 0 Å². The van der Waals surface area contributed by atoms with E-state index in [0.29, 0.717) is 16.9 Å². The lowest BCUT2D eigenvalue weighted by Gasteiger charge is -2.62. The molecule has 8 atom stereocenters. The number of rotatable bonds is 2. The van der Waals surface area contributed by atoms with Gasteiger partial charge in [0, 0.05) is 13.7 Å². The van der Waals surface area contributed by atoms with Crippen molar-refractivity contribution in [2.24, 2.45) is 40.4 Å². The molecule has 1 N–H and O–H groups in total. The van der Waals surface area contributed by atoms with Gasteiger partial charge in [-0.1, -0.05) is 33.6 Å². The van der Waals surface area contributed by atoms with Gasteiger partial charge in [-0.3, -0.25) is 0 Å². The first kappa shape index (κ1) is 19.7. The predicted octanol–water partition coefficient (Wildman–Crippen LogP) is 5.68. The van der Waals surface area contributed by atoms with Crippen molar-refractivity contribution in [2.75, 3.05) is 13.7 Å². The van der Waals surface area contributed by atoms with E-state index >= 15 is 0 Å². The highest BCUT2D eigenvalue weighted by atomic mass is 16.5. The van der Waals surface area contributed by atoms with E-state index in [9.17, 15) is 0 Å². The highest BCUT2D eigenvalue weighted by molar-refractivity contribution is 5.10. The molecule has 0 spiro atoms. The minimum Gasteiger partial charge on any atom is -0.400 e. The van der Waals surface area contributed by atoms with Crippen LogP contribution in [0, 0.1) is 40.4 Å². The lowest BCUT2D eigenvalue weighted by molar-refractivity contribution is -0.145. The van der Waals surface area contributed by atoms with Crippen molar-refractivity contribution in [1.29, 1.82) is 0 Å². The first-order valence-corrected chi connectivity index (χ1v) is 11.1. The molecule has 0 aromatic carbocycles. The van der Waals surface area contributed by atoms with Crippen LogP contribution in [-0.4, -0.2) is 24.9 Å². The highest BCUT2D eigenvalue weighted by Gasteiger charge is 2.61. The van der Waals surface area contributed by atoms with Crippen LogP contribution in [0.5, 0.6) is 0 Å². The van der Waals surface area contributed by atoms with Crippen LogP contribution in [0.1, 0.15) is 85.5 Å². The second-order valence-corrected chi connectivity index (χ2v) is 10.0. The highest BCUT2D eigenvalue weighted by Crippen LogP contribution is 2.67. The van der Waals surface area contributed by atoms with Gasteiger partial charge in [0.15, 0.2) is 0 Å². The molecular weight excluding hydrogens is 308 g/mol. The first-order valence-electron chi connectivity index (χ1n) is 11.1. The smallest absolute Gasteiger partial charge is 0.0631 e. The van der Waals surface area contributed by atoms with E-state index in [4.69, 9.17) is 9.84 Å². The van der Waals surface area contributed by atoms with Gasteiger partial charge in [-0.15, -0.1) is 0 Å². The summed E-state index contributed by atoms with van der Waals surface area (Å²) in [5, 5.41) is 7.00. The van der Waals surface area contributed by atoms with Crippen LogP contribution in [0.25, 0.3) is 0 Å². The number of aliphatic hydroxyl groups is 1. The molecule has 2 heteroatoms. The van der Waals surface area contributed by atoms with Crippen molar-refractivity contribution in [2.45, 2.75) is 91.6 Å². The average molecular weight is 351 g/mol. The largest absolute Gasteiger partial charge is 0.400 e. The third kappa shape index (κ3) is 3.00. The van der Waals surface area contributed by atoms with Crippen molar-refractivity contribution < 1.29 is 9.84 Å². The fourth-order valence-electron chi connectivity index (χ4n) is 8.24. The lowest BCUT2D eigenvalue weighted by atomic mass is 9.43. The van der Waals surface area contributed by atoms with Gasteiger partial charge in [-0.25, -0.2) is 0 Å². The Kier molecular flexibility index (Phi) is 5.91. The second-order valence-electron chi connectivity index (χ2n) is 10.0. The van der Waals surface area contributed by atoms with Crippen LogP contribution >= 0.6 is 0 Å². The summed E-state index contributed by atoms with van der Waals surface area (Å²) < 4.78 is 6.21. The maximum atomic E-state index is 7.00. The quantitative estimate of drug-likeness (QED) is 0.694. The molecule has 0 saturated heterocycles. The zero-order valence-corrected chi connectivity index (χ0v) is 17.4. The molecule has 0 aromatic heterocycles. The van der Waals surface area contributed by atoms with Gasteiger partial charge in [-0.2, -0.15) is 0 Å². The van der Waals surface area contributed by atoms with Gasteiger partial charge in [0.2, 0.25) is 0 Å². The number of ether oxygens (including phenoxy) is 1. The van der Waals surface area contributed by atoms with Gasteiger partial charge in [0.05, 0.1) is 6.10 Å². The van der Waals surface area contributed by atoms with Gasteiger partial charge in [-0.05, 0) is 92.3 Å². The summed E-state index contributed by atoms with van der Waals surface area (Å²) in [4.78, 5) is 0. The average Bonchev–Trinajstić information content (AvgIpc) is 2.94. The van der Waals surface area contributed by atoms with E-state index in [-0.39, 0.29) is 0 Å². The van der Waals surface area contributed by atoms with E-state index < -0.39 is 0 Å². The third-order valence-corrected chi connectivity index (χ3v) is 9.22. The number of fused-ring (bicyclic) bond motifs is 5. The lowest BCUT2D eigenvalue weighted by Crippen LogP contribution is -2.55. The van der Waals surface area contributed by atoms with Gasteiger partial charge in [0.1, 0.15) is 0 Å². The standard InChI is InChI=1S/C22H38O.CH4O/c1-5-23-20-10-9-18-16-14-15(2)17-8-6-7-12-21(17,3)19(16)11-13-22(18,20)4;1-2/h15-20H,5-14H2,1-4H3;2H,1H3/t15-,16?,17?,18?,19-,20?,21?,22?;/m0./s1. The Balaban J connectivity index is 0.000000880. The van der Waals surface area contributed by atoms with E-state index in [1.165, 1.54) is 57.8 Å². The molecule has 4 fully saturated rings. The fourth-order valence-corrected chi connectivity index (χ4v) is 8.24. The summed E-state index contributed by atoms with van der Waals surface area (Å²) in [7, 11) is 1.00. The van der Waals surface area contributed by atoms with Crippen molar-refractivity contribution in [3.05, 3.63) is 0 Å². The third-order valence-electron chi connectivity index (χ3n) is 9.22. The molecule has 0 bridgehead atoms. The molecule has 0 amide bonds. The van der Waals surface area contributed by atoms with E-state index in [1.54, 1.807) is 0 Å². The molecule has 6 unspecified atom stereocenters. The summed E-state index contributed by atoms with van der Waals surface area (Å²) in [6.07, 6.45) is 13.8. The second kappa shape index (κ2) is 7.50. The zero-order chi connectivity index (χ0) is 18.2. The van der Waals surface area contributed by atoms with Crippen LogP contribution in [0.2, 0.25) is 0 Å². The van der Waals surface area contributed by atoms with Crippen LogP contribution in [0.15, 0.2) is 0 Å². The normalized spacial score (nSPS) is 51.6. The Hall–Kier alpha value is -0.0800. The van der Waals surface area contributed by atoms with Crippen molar-refractivity contribution >= 4 is 0 Å². The molecule has 25 heavy (non-hydrogen) atoms. The van der Waals surface area contributed by atoms with Gasteiger partial charge in [0.25, 0.3) is 0 Å². The van der Waals surface area contributed by atoms with Crippen LogP contribution in [0.3, 0.4) is 0 Å². The van der Waals surface area contributed by atoms with Crippen molar-refractivity contribution in [3.63, 3.8) is 0 Å². The first-order chi connectivity index (χ1) is 12.0. The SMILES string of the molecule is CCOC1CCC2C3C[C@H](C)C4CCCCC4(C)[C@H]3CCC12C.CO. The molecule has 4 aliphatic carbocycles. The van der Waals surface area contributed by atoms with E-state index in [2.05, 4.69) is 27.7 Å². The molecule has 4 saturated carbocycles. The maximum absolute atomic E-state index is 7.00. The predicted molar refractivity (Wildman–Crippen MR) is 104 cm³/mol. The molecule has 4 rings (SSSR count). The number of hydrogen-bond donors (Lipinski definition) is 1. The summed E-state index contributed by atoms with van der Waals surface area (Å²) in [5.74, 6) is 4.93. The summed E-state index contributed by atoms with van der Waals surface area (Å²) in [6.45, 7) is 10.9. The molecule has 0 aliphatic heterocycles. The van der Waals surface area contributed by atoms with Crippen molar-refractivity contribution in [1.82, 2.24) is 0 Å². The topological polar surface area (TPSA) is 29.5 Å². The Labute approximate surface area is 156 Å². The summed E-state index contributed by atoms with van der Waals surface area (Å²) >= 11 is 0. The molecular formula is C23H42O2. The van der Waals surface area contributed by atoms with E-state index in [1.807, 2.05) is 0 Å². The number of aliphatic hydroxyl groups excluding tert-OH is 1. The molecule has 0 aromatic rings. The zero-order valence-electron chi connectivity index (χ0n) is 17.4. The Morgan fingerprint density at radius 1 is 0.880 bits per heavy atom. The Bertz CT molecular complexity index is 449. The maximum Gasteiger partial charge on any atom is 0.0631 e. The number of hydrogen-bond acceptors (Lipinski definition) is 2. The van der Waals surface area contributed by atoms with Crippen LogP contribution < -0.4 is 0 Å². The van der Waals surface area contributed by atoms with Gasteiger partial charge < -0.3 is 9.84 Å². The Morgan fingerprint density at radius 3 is 2.32 bits per heavy atom. The minimum atomic E-state index is 0.481. The summed E-state index contributed by atoms with van der Waals surface area (Å²) in [5.41, 5.74) is 1.14. The molecule has 146 valence electrons. The molecule has 4 aliphatic rings. The monoisotopic (exact) mass is 350 g/mol. The molecule has 2 nitrogen and oxygen atoms in total. The molecule has 0 heterocycles. The van der Waals surface area contributed by atoms with Gasteiger partial charge >= 0.3 is 0 Å². The van der Waals surface area contributed by atoms with Crippen LogP contribution in [0.4, 0.5) is 0 Å². The fraction of sp³-hybridized carbons (Fsp3) is 1.00. The molecule has 0 radical (unpaired) electrons.